The lowest BCUT2D eigenvalue weighted by Gasteiger charge is -2.19. The molecule has 0 fully saturated rings. The zero-order chi connectivity index (χ0) is 9.26. The lowest BCUT2D eigenvalue weighted by Crippen LogP contribution is -2.11. The minimum absolute atomic E-state index is 0.385. The fraction of sp³-hybridized carbons (Fsp3) is 0.182. The zero-order valence-electron chi connectivity index (χ0n) is 7.00. The van der Waals surface area contributed by atoms with Gasteiger partial charge in [-0.3, -0.25) is 0 Å². The summed E-state index contributed by atoms with van der Waals surface area (Å²) in [4.78, 5) is -0.385. The van der Waals surface area contributed by atoms with E-state index in [2.05, 4.69) is 18.2 Å². The van der Waals surface area contributed by atoms with Gasteiger partial charge in [0.25, 0.3) is 0 Å². The molecule has 0 spiro atoms. The molecule has 1 aliphatic carbocycles. The number of hydrogen-bond acceptors (Lipinski definition) is 0. The summed E-state index contributed by atoms with van der Waals surface area (Å²) in [6, 6.07) is 8.27. The first-order valence-corrected chi connectivity index (χ1v) is 5.04. The molecular formula is C11H9Cl2. The molecule has 67 valence electrons. The fourth-order valence-corrected chi connectivity index (χ4v) is 1.78. The summed E-state index contributed by atoms with van der Waals surface area (Å²) in [5.41, 5.74) is 2.56. The first-order valence-electron chi connectivity index (χ1n) is 4.17. The maximum atomic E-state index is 5.80. The molecule has 0 atom stereocenters. The molecule has 0 aliphatic heterocycles. The molecule has 0 saturated heterocycles. The van der Waals surface area contributed by atoms with E-state index in [9.17, 15) is 0 Å². The molecule has 1 aromatic rings. The quantitative estimate of drug-likeness (QED) is 0.623. The van der Waals surface area contributed by atoms with Crippen LogP contribution in [0.25, 0.3) is 6.08 Å². The third-order valence-electron chi connectivity index (χ3n) is 2.21. The molecule has 0 bridgehead atoms. The highest BCUT2D eigenvalue weighted by Gasteiger charge is 2.19. The molecule has 2 heteroatoms. The van der Waals surface area contributed by atoms with E-state index in [0.29, 0.717) is 0 Å². The van der Waals surface area contributed by atoms with Crippen molar-refractivity contribution in [3.63, 3.8) is 0 Å². The summed E-state index contributed by atoms with van der Waals surface area (Å²) in [7, 11) is 0. The van der Waals surface area contributed by atoms with Crippen LogP contribution in [0.4, 0.5) is 0 Å². The van der Waals surface area contributed by atoms with Crippen molar-refractivity contribution in [3.05, 3.63) is 47.4 Å². The summed E-state index contributed by atoms with van der Waals surface area (Å²) in [6.45, 7) is 0. The molecule has 1 aromatic carbocycles. The van der Waals surface area contributed by atoms with Gasteiger partial charge in [-0.1, -0.05) is 36.4 Å². The van der Waals surface area contributed by atoms with Crippen LogP contribution < -0.4 is 0 Å². The number of alkyl halides is 2. The van der Waals surface area contributed by atoms with Gasteiger partial charge in [0.1, 0.15) is 4.84 Å². The van der Waals surface area contributed by atoms with Crippen LogP contribution in [-0.2, 0) is 6.42 Å². The standard InChI is InChI=1S/C11H9Cl2/c12-11(13)10-6-5-8-3-1-2-4-9(8)7-10/h1-6,11H,7H2. The molecule has 0 heterocycles. The molecule has 1 aliphatic rings. The Balaban J connectivity index is 2.29. The Kier molecular flexibility index (Phi) is 2.61. The van der Waals surface area contributed by atoms with Gasteiger partial charge in [0.15, 0.2) is 0 Å². The summed E-state index contributed by atoms with van der Waals surface area (Å²) in [5.74, 6) is 1.07. The zero-order valence-corrected chi connectivity index (χ0v) is 8.52. The molecule has 0 saturated carbocycles. The Bertz CT molecular complexity index is 329. The van der Waals surface area contributed by atoms with Crippen LogP contribution in [-0.4, -0.2) is 4.84 Å². The van der Waals surface area contributed by atoms with Crippen molar-refractivity contribution >= 4 is 29.3 Å². The second-order valence-electron chi connectivity index (χ2n) is 3.08. The Morgan fingerprint density at radius 2 is 1.85 bits per heavy atom. The lowest BCUT2D eigenvalue weighted by molar-refractivity contribution is 0.984. The SMILES string of the molecule is ClC(Cl)[C]1C=Cc2ccccc2C1. The monoisotopic (exact) mass is 211 g/mol. The van der Waals surface area contributed by atoms with Crippen molar-refractivity contribution in [2.24, 2.45) is 0 Å². The molecule has 0 nitrogen and oxygen atoms in total. The van der Waals surface area contributed by atoms with Gasteiger partial charge < -0.3 is 0 Å². The lowest BCUT2D eigenvalue weighted by atomic mass is 9.91. The maximum absolute atomic E-state index is 5.80. The van der Waals surface area contributed by atoms with E-state index < -0.39 is 0 Å². The predicted molar refractivity (Wildman–Crippen MR) is 57.9 cm³/mol. The Morgan fingerprint density at radius 1 is 1.08 bits per heavy atom. The van der Waals surface area contributed by atoms with Crippen LogP contribution in [0.15, 0.2) is 30.3 Å². The number of hydrogen-bond donors (Lipinski definition) is 0. The largest absolute Gasteiger partial charge is 0.118 e. The summed E-state index contributed by atoms with van der Waals surface area (Å²) in [6.07, 6.45) is 4.93. The molecular weight excluding hydrogens is 203 g/mol. The van der Waals surface area contributed by atoms with E-state index in [-0.39, 0.29) is 4.84 Å². The molecule has 0 unspecified atom stereocenters. The van der Waals surface area contributed by atoms with E-state index in [4.69, 9.17) is 23.2 Å². The van der Waals surface area contributed by atoms with Crippen molar-refractivity contribution in [1.29, 1.82) is 0 Å². The first kappa shape index (κ1) is 9.11. The summed E-state index contributed by atoms with van der Waals surface area (Å²) >= 11 is 11.6. The average molecular weight is 212 g/mol. The van der Waals surface area contributed by atoms with E-state index in [1.807, 2.05) is 18.2 Å². The number of halogens is 2. The average Bonchev–Trinajstić information content (AvgIpc) is 2.17. The third kappa shape index (κ3) is 1.90. The van der Waals surface area contributed by atoms with Crippen molar-refractivity contribution in [1.82, 2.24) is 0 Å². The summed E-state index contributed by atoms with van der Waals surface area (Å²) in [5, 5.41) is 0. The van der Waals surface area contributed by atoms with Crippen molar-refractivity contribution in [2.75, 3.05) is 0 Å². The Morgan fingerprint density at radius 3 is 2.62 bits per heavy atom. The van der Waals surface area contributed by atoms with Gasteiger partial charge in [-0.25, -0.2) is 0 Å². The van der Waals surface area contributed by atoms with Crippen LogP contribution in [0.2, 0.25) is 0 Å². The van der Waals surface area contributed by atoms with Gasteiger partial charge in [0.2, 0.25) is 0 Å². The van der Waals surface area contributed by atoms with Crippen molar-refractivity contribution in [2.45, 2.75) is 11.3 Å². The minimum atomic E-state index is -0.385. The fourth-order valence-electron chi connectivity index (χ4n) is 1.48. The highest BCUT2D eigenvalue weighted by molar-refractivity contribution is 6.46. The number of rotatable bonds is 1. The van der Waals surface area contributed by atoms with Gasteiger partial charge in [0, 0.05) is 5.92 Å². The molecule has 1 radical (unpaired) electrons. The first-order chi connectivity index (χ1) is 6.27. The van der Waals surface area contributed by atoms with E-state index in [0.717, 1.165) is 12.3 Å². The van der Waals surface area contributed by atoms with Gasteiger partial charge in [0.05, 0.1) is 0 Å². The van der Waals surface area contributed by atoms with Crippen LogP contribution in [0.5, 0.6) is 0 Å². The molecule has 13 heavy (non-hydrogen) atoms. The smallest absolute Gasteiger partial charge is 0.104 e. The van der Waals surface area contributed by atoms with Gasteiger partial charge in [-0.2, -0.15) is 0 Å². The molecule has 2 rings (SSSR count). The highest BCUT2D eigenvalue weighted by Crippen LogP contribution is 2.30. The van der Waals surface area contributed by atoms with Crippen LogP contribution in [0, 0.1) is 5.92 Å². The van der Waals surface area contributed by atoms with Gasteiger partial charge in [-0.15, -0.1) is 23.2 Å². The molecule has 0 N–H and O–H groups in total. The molecule has 0 aromatic heterocycles. The number of benzene rings is 1. The van der Waals surface area contributed by atoms with Crippen LogP contribution in [0.3, 0.4) is 0 Å². The Labute approximate surface area is 88.2 Å². The maximum Gasteiger partial charge on any atom is 0.118 e. The van der Waals surface area contributed by atoms with E-state index in [1.165, 1.54) is 11.1 Å². The highest BCUT2D eigenvalue weighted by atomic mass is 35.5. The van der Waals surface area contributed by atoms with E-state index >= 15 is 0 Å². The van der Waals surface area contributed by atoms with E-state index in [1.54, 1.807) is 0 Å². The van der Waals surface area contributed by atoms with Crippen LogP contribution in [0.1, 0.15) is 11.1 Å². The number of allylic oxidation sites excluding steroid dienone is 1. The molecule has 0 amide bonds. The number of fused-ring (bicyclic) bond motifs is 1. The Hall–Kier alpha value is -0.460. The second kappa shape index (κ2) is 3.73. The van der Waals surface area contributed by atoms with Gasteiger partial charge in [-0.05, 0) is 17.5 Å². The minimum Gasteiger partial charge on any atom is -0.104 e. The third-order valence-corrected chi connectivity index (χ3v) is 2.77. The summed E-state index contributed by atoms with van der Waals surface area (Å²) < 4.78 is 0. The topological polar surface area (TPSA) is 0 Å². The normalized spacial score (nSPS) is 16.2. The van der Waals surface area contributed by atoms with Crippen LogP contribution >= 0.6 is 23.2 Å². The predicted octanol–water partition coefficient (Wildman–Crippen LogP) is 3.63. The van der Waals surface area contributed by atoms with Gasteiger partial charge >= 0.3 is 0 Å². The van der Waals surface area contributed by atoms with Crippen molar-refractivity contribution < 1.29 is 0 Å². The second-order valence-corrected chi connectivity index (χ2v) is 4.18. The van der Waals surface area contributed by atoms with Crippen molar-refractivity contribution in [3.8, 4) is 0 Å².